The van der Waals surface area contributed by atoms with Gasteiger partial charge in [0.05, 0.1) is 6.61 Å². The fourth-order valence-electron chi connectivity index (χ4n) is 2.11. The standard InChI is InChI=1S/C21H31NO4/c1-5-6-7-8-21(23)26-20(15-22-17(2)3)16-25-19-11-9-18(10-12-19)13-14-24-4/h5-12,17,20,22H,13-16H2,1-4H3/t20-/m0/s1. The van der Waals surface area contributed by atoms with Crippen LogP contribution >= 0.6 is 0 Å². The lowest BCUT2D eigenvalue weighted by atomic mass is 10.1. The second-order valence-corrected chi connectivity index (χ2v) is 6.20. The summed E-state index contributed by atoms with van der Waals surface area (Å²) in [5.41, 5.74) is 1.19. The fourth-order valence-corrected chi connectivity index (χ4v) is 2.11. The highest BCUT2D eigenvalue weighted by Crippen LogP contribution is 2.13. The Morgan fingerprint density at radius 1 is 1.19 bits per heavy atom. The highest BCUT2D eigenvalue weighted by molar-refractivity contribution is 5.82. The van der Waals surface area contributed by atoms with Gasteiger partial charge in [0.1, 0.15) is 18.5 Å². The number of hydrogen-bond acceptors (Lipinski definition) is 5. The lowest BCUT2D eigenvalue weighted by molar-refractivity contribution is -0.144. The van der Waals surface area contributed by atoms with Gasteiger partial charge in [0.25, 0.3) is 0 Å². The summed E-state index contributed by atoms with van der Waals surface area (Å²) in [5.74, 6) is 0.374. The van der Waals surface area contributed by atoms with E-state index < -0.39 is 0 Å². The van der Waals surface area contributed by atoms with Crippen LogP contribution in [0.4, 0.5) is 0 Å². The van der Waals surface area contributed by atoms with E-state index in [0.29, 0.717) is 25.8 Å². The van der Waals surface area contributed by atoms with Crippen molar-refractivity contribution in [1.29, 1.82) is 0 Å². The number of methoxy groups -OCH3 is 1. The lowest BCUT2D eigenvalue weighted by Crippen LogP contribution is -2.38. The van der Waals surface area contributed by atoms with Crippen LogP contribution in [-0.2, 0) is 20.7 Å². The third-order valence-electron chi connectivity index (χ3n) is 3.53. The molecule has 5 nitrogen and oxygen atoms in total. The van der Waals surface area contributed by atoms with Crippen molar-refractivity contribution in [3.05, 3.63) is 54.1 Å². The molecule has 1 atom stereocenters. The molecular weight excluding hydrogens is 330 g/mol. The second kappa shape index (κ2) is 13.1. The van der Waals surface area contributed by atoms with Gasteiger partial charge in [-0.15, -0.1) is 0 Å². The predicted octanol–water partition coefficient (Wildman–Crippen LogP) is 3.30. The topological polar surface area (TPSA) is 56.8 Å². The molecule has 0 aromatic heterocycles. The van der Waals surface area contributed by atoms with E-state index in [1.165, 1.54) is 11.6 Å². The van der Waals surface area contributed by atoms with Crippen molar-refractivity contribution < 1.29 is 19.0 Å². The van der Waals surface area contributed by atoms with Crippen LogP contribution in [0.2, 0.25) is 0 Å². The monoisotopic (exact) mass is 361 g/mol. The largest absolute Gasteiger partial charge is 0.490 e. The molecule has 1 N–H and O–H groups in total. The van der Waals surface area contributed by atoms with E-state index in [0.717, 1.165) is 12.2 Å². The Morgan fingerprint density at radius 2 is 1.92 bits per heavy atom. The third-order valence-corrected chi connectivity index (χ3v) is 3.53. The number of rotatable bonds is 12. The van der Waals surface area contributed by atoms with Gasteiger partial charge >= 0.3 is 5.97 Å². The van der Waals surface area contributed by atoms with Gasteiger partial charge in [-0.2, -0.15) is 0 Å². The second-order valence-electron chi connectivity index (χ2n) is 6.20. The van der Waals surface area contributed by atoms with Crippen LogP contribution in [-0.4, -0.2) is 45.0 Å². The Hall–Kier alpha value is -2.11. The molecule has 0 aliphatic rings. The van der Waals surface area contributed by atoms with E-state index in [2.05, 4.69) is 5.32 Å². The molecule has 0 fully saturated rings. The van der Waals surface area contributed by atoms with Crippen molar-refractivity contribution in [2.75, 3.05) is 26.9 Å². The van der Waals surface area contributed by atoms with E-state index in [9.17, 15) is 4.79 Å². The van der Waals surface area contributed by atoms with E-state index in [-0.39, 0.29) is 12.1 Å². The Morgan fingerprint density at radius 3 is 2.54 bits per heavy atom. The van der Waals surface area contributed by atoms with Gasteiger partial charge in [0, 0.05) is 25.8 Å². The average Bonchev–Trinajstić information content (AvgIpc) is 2.63. The molecule has 0 saturated carbocycles. The minimum absolute atomic E-state index is 0.292. The Bertz CT molecular complexity index is 564. The molecular formula is C21H31NO4. The van der Waals surface area contributed by atoms with Gasteiger partial charge in [-0.1, -0.05) is 44.2 Å². The number of allylic oxidation sites excluding steroid dienone is 3. The minimum atomic E-state index is -0.378. The smallest absolute Gasteiger partial charge is 0.331 e. The Balaban J connectivity index is 2.57. The average molecular weight is 361 g/mol. The number of esters is 1. The molecule has 0 spiro atoms. The van der Waals surface area contributed by atoms with E-state index in [1.54, 1.807) is 19.3 Å². The van der Waals surface area contributed by atoms with Crippen LogP contribution < -0.4 is 10.1 Å². The molecule has 0 aliphatic carbocycles. The molecule has 144 valence electrons. The molecule has 1 rings (SSSR count). The predicted molar refractivity (Wildman–Crippen MR) is 104 cm³/mol. The van der Waals surface area contributed by atoms with Crippen molar-refractivity contribution in [3.63, 3.8) is 0 Å². The Labute approximate surface area is 157 Å². The molecule has 1 aromatic rings. The molecule has 0 aliphatic heterocycles. The number of benzene rings is 1. The summed E-state index contributed by atoms with van der Waals surface area (Å²) in [5, 5.41) is 3.28. The zero-order chi connectivity index (χ0) is 19.2. The molecule has 5 heteroatoms. The highest BCUT2D eigenvalue weighted by Gasteiger charge is 2.14. The number of ether oxygens (including phenoxy) is 3. The van der Waals surface area contributed by atoms with Gasteiger partial charge in [0.2, 0.25) is 0 Å². The molecule has 0 radical (unpaired) electrons. The third kappa shape index (κ3) is 10.0. The van der Waals surface area contributed by atoms with Crippen LogP contribution in [0.3, 0.4) is 0 Å². The summed E-state index contributed by atoms with van der Waals surface area (Å²) < 4.78 is 16.4. The van der Waals surface area contributed by atoms with Crippen LogP contribution in [0.1, 0.15) is 26.3 Å². The summed E-state index contributed by atoms with van der Waals surface area (Å²) >= 11 is 0. The van der Waals surface area contributed by atoms with Gasteiger partial charge in [-0.05, 0) is 31.0 Å². The van der Waals surface area contributed by atoms with E-state index in [4.69, 9.17) is 14.2 Å². The van der Waals surface area contributed by atoms with Crippen LogP contribution in [0, 0.1) is 0 Å². The molecule has 0 heterocycles. The maximum Gasteiger partial charge on any atom is 0.331 e. The zero-order valence-corrected chi connectivity index (χ0v) is 16.2. The molecule has 0 amide bonds. The summed E-state index contributed by atoms with van der Waals surface area (Å²) in [4.78, 5) is 11.9. The van der Waals surface area contributed by atoms with Crippen molar-refractivity contribution in [2.24, 2.45) is 0 Å². The van der Waals surface area contributed by atoms with Gasteiger partial charge < -0.3 is 19.5 Å². The number of hydrogen-bond donors (Lipinski definition) is 1. The first kappa shape index (κ1) is 21.9. The van der Waals surface area contributed by atoms with Crippen molar-refractivity contribution >= 4 is 5.97 Å². The molecule has 0 saturated heterocycles. The normalized spacial score (nSPS) is 12.8. The van der Waals surface area contributed by atoms with Crippen molar-refractivity contribution in [2.45, 2.75) is 39.3 Å². The summed E-state index contributed by atoms with van der Waals surface area (Å²) in [6.07, 6.45) is 7.20. The number of carbonyl (C=O) groups excluding carboxylic acids is 1. The fraction of sp³-hybridized carbons (Fsp3) is 0.476. The quantitative estimate of drug-likeness (QED) is 0.352. The first-order valence-electron chi connectivity index (χ1n) is 8.99. The zero-order valence-electron chi connectivity index (χ0n) is 16.2. The molecule has 1 aromatic carbocycles. The first-order valence-corrected chi connectivity index (χ1v) is 8.99. The van der Waals surface area contributed by atoms with Gasteiger partial charge in [-0.3, -0.25) is 0 Å². The summed E-state index contributed by atoms with van der Waals surface area (Å²) in [6, 6.07) is 8.18. The Kier molecular flexibility index (Phi) is 11.1. The molecule has 26 heavy (non-hydrogen) atoms. The van der Waals surface area contributed by atoms with Gasteiger partial charge in [-0.25, -0.2) is 4.79 Å². The van der Waals surface area contributed by atoms with Gasteiger partial charge in [0.15, 0.2) is 0 Å². The summed E-state index contributed by atoms with van der Waals surface area (Å²) in [6.45, 7) is 7.50. The van der Waals surface area contributed by atoms with E-state index >= 15 is 0 Å². The summed E-state index contributed by atoms with van der Waals surface area (Å²) in [7, 11) is 1.69. The number of carbonyl (C=O) groups is 1. The lowest BCUT2D eigenvalue weighted by Gasteiger charge is -2.20. The maximum atomic E-state index is 11.9. The SMILES string of the molecule is CC=CC=CC(=O)O[C@@H](CNC(C)C)COc1ccc(CCOC)cc1. The highest BCUT2D eigenvalue weighted by atomic mass is 16.6. The van der Waals surface area contributed by atoms with E-state index in [1.807, 2.05) is 51.1 Å². The van der Waals surface area contributed by atoms with Crippen LogP contribution in [0.5, 0.6) is 5.75 Å². The molecule has 0 unspecified atom stereocenters. The van der Waals surface area contributed by atoms with Crippen molar-refractivity contribution in [1.82, 2.24) is 5.32 Å². The first-order chi connectivity index (χ1) is 12.5. The maximum absolute atomic E-state index is 11.9. The van der Waals surface area contributed by atoms with Crippen LogP contribution in [0.25, 0.3) is 0 Å². The van der Waals surface area contributed by atoms with Crippen LogP contribution in [0.15, 0.2) is 48.6 Å². The van der Waals surface area contributed by atoms with Crippen molar-refractivity contribution in [3.8, 4) is 5.75 Å². The number of nitrogens with one attached hydrogen (secondary N) is 1. The molecule has 0 bridgehead atoms. The minimum Gasteiger partial charge on any atom is -0.490 e.